The summed E-state index contributed by atoms with van der Waals surface area (Å²) in [7, 11) is 1.66. The van der Waals surface area contributed by atoms with Crippen LogP contribution >= 0.6 is 0 Å². The highest BCUT2D eigenvalue weighted by Gasteiger charge is 2.20. The summed E-state index contributed by atoms with van der Waals surface area (Å²) in [5.41, 5.74) is 7.71. The Bertz CT molecular complexity index is 351. The zero-order valence-electron chi connectivity index (χ0n) is 9.36. The maximum Gasteiger partial charge on any atom is 0.143 e. The molecule has 3 heteroatoms. The van der Waals surface area contributed by atoms with Gasteiger partial charge in [0, 0.05) is 24.3 Å². The number of hydrogen-bond acceptors (Lipinski definition) is 3. The third-order valence-corrected chi connectivity index (χ3v) is 3.10. The Morgan fingerprint density at radius 2 is 2.27 bits per heavy atom. The first-order valence-electron chi connectivity index (χ1n) is 5.42. The number of benzene rings is 1. The maximum atomic E-state index is 5.79. The number of nitrogens with zero attached hydrogens (tertiary/aromatic N) is 1. The normalized spacial score (nSPS) is 20.7. The van der Waals surface area contributed by atoms with Gasteiger partial charge in [-0.25, -0.2) is 0 Å². The van der Waals surface area contributed by atoms with Gasteiger partial charge < -0.3 is 15.4 Å². The average Bonchev–Trinajstić information content (AvgIpc) is 2.65. The molecule has 0 aliphatic carbocycles. The summed E-state index contributed by atoms with van der Waals surface area (Å²) in [5.74, 6) is 0.770. The molecule has 0 saturated carbocycles. The van der Waals surface area contributed by atoms with Crippen LogP contribution < -0.4 is 15.4 Å². The van der Waals surface area contributed by atoms with Crippen LogP contribution in [0.4, 0.5) is 11.4 Å². The molecule has 1 aromatic carbocycles. The fourth-order valence-corrected chi connectivity index (χ4v) is 2.20. The lowest BCUT2D eigenvalue weighted by atomic mass is 10.2. The average molecular weight is 206 g/mol. The molecule has 0 amide bonds. The van der Waals surface area contributed by atoms with Crippen molar-refractivity contribution < 1.29 is 4.74 Å². The first kappa shape index (κ1) is 10.1. The monoisotopic (exact) mass is 206 g/mol. The molecular formula is C12H18N2O. The van der Waals surface area contributed by atoms with Crippen LogP contribution in [0.25, 0.3) is 0 Å². The minimum atomic E-state index is 0.623. The fourth-order valence-electron chi connectivity index (χ4n) is 2.20. The predicted molar refractivity (Wildman–Crippen MR) is 63.4 cm³/mol. The van der Waals surface area contributed by atoms with Crippen molar-refractivity contribution in [3.05, 3.63) is 18.2 Å². The topological polar surface area (TPSA) is 38.5 Å². The number of rotatable bonds is 2. The van der Waals surface area contributed by atoms with Gasteiger partial charge in [-0.05, 0) is 31.9 Å². The van der Waals surface area contributed by atoms with Gasteiger partial charge in [-0.2, -0.15) is 0 Å². The molecule has 1 fully saturated rings. The van der Waals surface area contributed by atoms with Crippen molar-refractivity contribution in [3.63, 3.8) is 0 Å². The Morgan fingerprint density at radius 3 is 2.87 bits per heavy atom. The smallest absolute Gasteiger partial charge is 0.143 e. The van der Waals surface area contributed by atoms with E-state index in [0.717, 1.165) is 12.3 Å². The van der Waals surface area contributed by atoms with Crippen LogP contribution in [0.15, 0.2) is 18.2 Å². The molecule has 0 aromatic heterocycles. The molecule has 0 bridgehead atoms. The molecule has 1 aliphatic heterocycles. The summed E-state index contributed by atoms with van der Waals surface area (Å²) in [4.78, 5) is 2.40. The van der Waals surface area contributed by atoms with E-state index in [1.165, 1.54) is 18.5 Å². The number of anilines is 2. The van der Waals surface area contributed by atoms with Gasteiger partial charge in [-0.15, -0.1) is 0 Å². The lowest BCUT2D eigenvalue weighted by molar-refractivity contribution is 0.417. The summed E-state index contributed by atoms with van der Waals surface area (Å²) in [6.45, 7) is 3.39. The summed E-state index contributed by atoms with van der Waals surface area (Å²) in [6.07, 6.45) is 2.54. The van der Waals surface area contributed by atoms with Crippen LogP contribution in [0, 0.1) is 0 Å². The predicted octanol–water partition coefficient (Wildman–Crippen LogP) is 2.27. The third kappa shape index (κ3) is 1.87. The van der Waals surface area contributed by atoms with Crippen molar-refractivity contribution in [2.24, 2.45) is 0 Å². The van der Waals surface area contributed by atoms with Gasteiger partial charge >= 0.3 is 0 Å². The number of methoxy groups -OCH3 is 1. The van der Waals surface area contributed by atoms with Crippen molar-refractivity contribution in [2.45, 2.75) is 25.8 Å². The van der Waals surface area contributed by atoms with Crippen LogP contribution in [0.1, 0.15) is 19.8 Å². The fraction of sp³-hybridized carbons (Fsp3) is 0.500. The highest BCUT2D eigenvalue weighted by atomic mass is 16.5. The van der Waals surface area contributed by atoms with Gasteiger partial charge in [0.2, 0.25) is 0 Å². The molecule has 82 valence electrons. The van der Waals surface area contributed by atoms with Crippen molar-refractivity contribution in [1.29, 1.82) is 0 Å². The van der Waals surface area contributed by atoms with E-state index >= 15 is 0 Å². The van der Waals surface area contributed by atoms with E-state index in [1.54, 1.807) is 7.11 Å². The molecule has 0 spiro atoms. The lowest BCUT2D eigenvalue weighted by Crippen LogP contribution is -2.26. The van der Waals surface area contributed by atoms with E-state index < -0.39 is 0 Å². The Balaban J connectivity index is 2.28. The van der Waals surface area contributed by atoms with Gasteiger partial charge in [0.1, 0.15) is 5.75 Å². The minimum absolute atomic E-state index is 0.623. The maximum absolute atomic E-state index is 5.79. The molecule has 2 N–H and O–H groups in total. The van der Waals surface area contributed by atoms with Crippen LogP contribution in [0.3, 0.4) is 0 Å². The summed E-state index contributed by atoms with van der Waals surface area (Å²) in [6, 6.07) is 6.63. The molecule has 0 radical (unpaired) electrons. The van der Waals surface area contributed by atoms with Gasteiger partial charge in [0.05, 0.1) is 12.8 Å². The zero-order valence-corrected chi connectivity index (χ0v) is 9.36. The number of nitrogen functional groups attached to an aromatic ring is 1. The number of hydrogen-bond donors (Lipinski definition) is 1. The Kier molecular flexibility index (Phi) is 2.71. The van der Waals surface area contributed by atoms with Crippen LogP contribution in [-0.2, 0) is 0 Å². The molecule has 2 rings (SSSR count). The summed E-state index contributed by atoms with van der Waals surface area (Å²) < 4.78 is 5.23. The molecule has 3 nitrogen and oxygen atoms in total. The molecule has 1 heterocycles. The zero-order chi connectivity index (χ0) is 10.8. The molecule has 1 aliphatic rings. The van der Waals surface area contributed by atoms with E-state index in [0.29, 0.717) is 11.7 Å². The van der Waals surface area contributed by atoms with Crippen molar-refractivity contribution >= 4 is 11.4 Å². The number of nitrogens with two attached hydrogens (primary N) is 1. The molecule has 1 saturated heterocycles. The van der Waals surface area contributed by atoms with E-state index in [-0.39, 0.29) is 0 Å². The van der Waals surface area contributed by atoms with Gasteiger partial charge in [-0.1, -0.05) is 0 Å². The molecule has 1 unspecified atom stereocenters. The van der Waals surface area contributed by atoms with E-state index in [4.69, 9.17) is 10.5 Å². The quantitative estimate of drug-likeness (QED) is 0.754. The van der Waals surface area contributed by atoms with Gasteiger partial charge in [0.25, 0.3) is 0 Å². The third-order valence-electron chi connectivity index (χ3n) is 3.10. The number of ether oxygens (including phenoxy) is 1. The Labute approximate surface area is 90.8 Å². The van der Waals surface area contributed by atoms with Gasteiger partial charge in [0.15, 0.2) is 0 Å². The van der Waals surface area contributed by atoms with Crippen LogP contribution in [0.2, 0.25) is 0 Å². The molecule has 1 aromatic rings. The second kappa shape index (κ2) is 4.01. The van der Waals surface area contributed by atoms with Gasteiger partial charge in [-0.3, -0.25) is 0 Å². The highest BCUT2D eigenvalue weighted by Crippen LogP contribution is 2.31. The summed E-state index contributed by atoms with van der Waals surface area (Å²) >= 11 is 0. The summed E-state index contributed by atoms with van der Waals surface area (Å²) in [5, 5.41) is 0. The minimum Gasteiger partial charge on any atom is -0.495 e. The largest absolute Gasteiger partial charge is 0.495 e. The Hall–Kier alpha value is -1.38. The second-order valence-corrected chi connectivity index (χ2v) is 4.11. The van der Waals surface area contributed by atoms with Crippen molar-refractivity contribution in [2.75, 3.05) is 24.3 Å². The molecular weight excluding hydrogens is 188 g/mol. The van der Waals surface area contributed by atoms with Crippen molar-refractivity contribution in [1.82, 2.24) is 0 Å². The lowest BCUT2D eigenvalue weighted by Gasteiger charge is -2.24. The van der Waals surface area contributed by atoms with E-state index in [1.807, 2.05) is 12.1 Å². The highest BCUT2D eigenvalue weighted by molar-refractivity contribution is 5.62. The Morgan fingerprint density at radius 1 is 1.47 bits per heavy atom. The van der Waals surface area contributed by atoms with Crippen LogP contribution in [-0.4, -0.2) is 19.7 Å². The SMILES string of the molecule is COc1cc(N2CCCC2C)ccc1N. The standard InChI is InChI=1S/C12H18N2O/c1-9-4-3-7-14(9)10-5-6-11(13)12(8-10)15-2/h5-6,8-9H,3-4,7,13H2,1-2H3. The first-order chi connectivity index (χ1) is 7.22. The van der Waals surface area contributed by atoms with Crippen molar-refractivity contribution in [3.8, 4) is 5.75 Å². The van der Waals surface area contributed by atoms with E-state index in [9.17, 15) is 0 Å². The van der Waals surface area contributed by atoms with E-state index in [2.05, 4.69) is 17.9 Å². The molecule has 1 atom stereocenters. The first-order valence-corrected chi connectivity index (χ1v) is 5.42. The molecule has 15 heavy (non-hydrogen) atoms. The second-order valence-electron chi connectivity index (χ2n) is 4.11. The van der Waals surface area contributed by atoms with Crippen LogP contribution in [0.5, 0.6) is 5.75 Å².